The summed E-state index contributed by atoms with van der Waals surface area (Å²) in [5, 5.41) is 8.87. The first-order chi connectivity index (χ1) is 10.4. The van der Waals surface area contributed by atoms with Crippen LogP contribution in [-0.4, -0.2) is 11.9 Å². The molecule has 0 fully saturated rings. The van der Waals surface area contributed by atoms with Gasteiger partial charge >= 0.3 is 0 Å². The molecule has 1 heterocycles. The van der Waals surface area contributed by atoms with Gasteiger partial charge in [0.15, 0.2) is 5.71 Å². The summed E-state index contributed by atoms with van der Waals surface area (Å²) in [4.78, 5) is 7.94. The molecule has 0 bridgehead atoms. The van der Waals surface area contributed by atoms with E-state index in [0.29, 0.717) is 0 Å². The zero-order valence-corrected chi connectivity index (χ0v) is 11.4. The van der Waals surface area contributed by atoms with Crippen molar-refractivity contribution in [1.29, 1.82) is 5.26 Å². The highest BCUT2D eigenvalue weighted by molar-refractivity contribution is 6.38. The highest BCUT2D eigenvalue weighted by atomic mass is 16.5. The smallest absolute Gasteiger partial charge is 0.158 e. The second kappa shape index (κ2) is 11.9. The maximum atomic E-state index is 8.87. The van der Waals surface area contributed by atoms with Crippen LogP contribution >= 0.6 is 0 Å². The number of nitriles is 1. The molecule has 0 amide bonds. The molecule has 0 aliphatic carbocycles. The lowest BCUT2D eigenvalue weighted by atomic mass is 10.4. The fourth-order valence-electron chi connectivity index (χ4n) is 1.09. The Labute approximate surface area is 124 Å². The molecule has 0 unspecified atom stereocenters. The quantitative estimate of drug-likeness (QED) is 0.676. The highest BCUT2D eigenvalue weighted by Gasteiger charge is 1.86. The van der Waals surface area contributed by atoms with Crippen LogP contribution in [0.2, 0.25) is 0 Å². The van der Waals surface area contributed by atoms with Crippen molar-refractivity contribution < 1.29 is 4.74 Å². The molecule has 0 atom stereocenters. The van der Waals surface area contributed by atoms with Gasteiger partial charge in [0, 0.05) is 12.4 Å². The van der Waals surface area contributed by atoms with Crippen LogP contribution in [0.1, 0.15) is 0 Å². The molecule has 104 valence electrons. The third-order valence-electron chi connectivity index (χ3n) is 1.99. The molecule has 0 aromatic rings. The van der Waals surface area contributed by atoms with Gasteiger partial charge in [0.2, 0.25) is 0 Å². The summed E-state index contributed by atoms with van der Waals surface area (Å²) >= 11 is 0. The van der Waals surface area contributed by atoms with E-state index in [4.69, 9.17) is 10.00 Å². The molecule has 1 aliphatic rings. The van der Waals surface area contributed by atoms with Crippen molar-refractivity contribution in [3.63, 3.8) is 0 Å². The minimum Gasteiger partial charge on any atom is -0.473 e. The standard InChI is InChI=1S/C17H15N3O/c18-15-17-16-19-11-7-3-1-2-5-9-13-21-14-10-6-4-8-12-20-17/h1-14,16H. The van der Waals surface area contributed by atoms with Crippen molar-refractivity contribution in [2.45, 2.75) is 0 Å². The van der Waals surface area contributed by atoms with Crippen LogP contribution in [0.15, 0.2) is 95.7 Å². The van der Waals surface area contributed by atoms with Crippen LogP contribution in [0.4, 0.5) is 0 Å². The molecule has 21 heavy (non-hydrogen) atoms. The number of rotatable bonds is 0. The van der Waals surface area contributed by atoms with Gasteiger partial charge in [-0.1, -0.05) is 36.5 Å². The van der Waals surface area contributed by atoms with E-state index in [-0.39, 0.29) is 5.71 Å². The first kappa shape index (κ1) is 15.9. The number of allylic oxidation sites excluding steroid dienone is 10. The van der Waals surface area contributed by atoms with Crippen molar-refractivity contribution >= 4 is 11.9 Å². The minimum absolute atomic E-state index is 0.231. The fourth-order valence-corrected chi connectivity index (χ4v) is 1.09. The fraction of sp³-hybridized carbons (Fsp3) is 0. The number of hydrogen-bond acceptors (Lipinski definition) is 4. The molecule has 0 N–H and O–H groups in total. The summed E-state index contributed by atoms with van der Waals surface area (Å²) in [5.41, 5.74) is 0.231. The topological polar surface area (TPSA) is 57.7 Å². The van der Waals surface area contributed by atoms with Gasteiger partial charge in [0.1, 0.15) is 6.07 Å². The largest absolute Gasteiger partial charge is 0.473 e. The van der Waals surface area contributed by atoms with E-state index in [1.54, 1.807) is 55.2 Å². The monoisotopic (exact) mass is 277 g/mol. The Morgan fingerprint density at radius 2 is 1.33 bits per heavy atom. The zero-order valence-electron chi connectivity index (χ0n) is 11.4. The Morgan fingerprint density at radius 1 is 0.762 bits per heavy atom. The van der Waals surface area contributed by atoms with Gasteiger partial charge in [-0.15, -0.1) is 0 Å². The Balaban J connectivity index is 2.81. The van der Waals surface area contributed by atoms with Crippen molar-refractivity contribution in [1.82, 2.24) is 0 Å². The molecule has 0 radical (unpaired) electrons. The molecule has 1 rings (SSSR count). The van der Waals surface area contributed by atoms with Crippen LogP contribution < -0.4 is 0 Å². The molecule has 0 saturated heterocycles. The normalized spacial score (nSPS) is 15.7. The number of nitrogens with zero attached hydrogens (tertiary/aromatic N) is 3. The summed E-state index contributed by atoms with van der Waals surface area (Å²) in [6.07, 6.45) is 25.6. The lowest BCUT2D eigenvalue weighted by Crippen LogP contribution is -1.93. The predicted molar refractivity (Wildman–Crippen MR) is 86.6 cm³/mol. The summed E-state index contributed by atoms with van der Waals surface area (Å²) in [7, 11) is 0. The lowest BCUT2D eigenvalue weighted by molar-refractivity contribution is 0.403. The first-order valence-corrected chi connectivity index (χ1v) is 6.23. The molecule has 4 nitrogen and oxygen atoms in total. The first-order valence-electron chi connectivity index (χ1n) is 6.23. The third kappa shape index (κ3) is 9.40. The average Bonchev–Trinajstić information content (AvgIpc) is 2.51. The SMILES string of the molecule is N#CC1=NC=CC=CC=COC=CC=CC=CC=CN=C1. The van der Waals surface area contributed by atoms with Gasteiger partial charge in [-0.25, -0.2) is 4.99 Å². The lowest BCUT2D eigenvalue weighted by Gasteiger charge is -1.84. The van der Waals surface area contributed by atoms with E-state index in [0.717, 1.165) is 0 Å². The highest BCUT2D eigenvalue weighted by Crippen LogP contribution is 1.88. The van der Waals surface area contributed by atoms with E-state index >= 15 is 0 Å². The minimum atomic E-state index is 0.231. The second-order valence-electron chi connectivity index (χ2n) is 3.54. The Hall–Kier alpha value is -3.19. The van der Waals surface area contributed by atoms with Crippen LogP contribution in [-0.2, 0) is 4.74 Å². The summed E-state index contributed by atoms with van der Waals surface area (Å²) < 4.78 is 5.12. The van der Waals surface area contributed by atoms with Gasteiger partial charge in [0.25, 0.3) is 0 Å². The van der Waals surface area contributed by atoms with Gasteiger partial charge < -0.3 is 4.74 Å². The summed E-state index contributed by atoms with van der Waals surface area (Å²) in [6, 6.07) is 1.95. The third-order valence-corrected chi connectivity index (χ3v) is 1.99. The van der Waals surface area contributed by atoms with Gasteiger partial charge in [0.05, 0.1) is 18.7 Å². The Morgan fingerprint density at radius 3 is 2.00 bits per heavy atom. The zero-order chi connectivity index (χ0) is 15.0. The van der Waals surface area contributed by atoms with E-state index in [9.17, 15) is 0 Å². The molecule has 0 spiro atoms. The van der Waals surface area contributed by atoms with Crippen LogP contribution in [0, 0.1) is 11.3 Å². The van der Waals surface area contributed by atoms with E-state index in [1.807, 2.05) is 30.4 Å². The molecular formula is C17H15N3O. The molecule has 4 heteroatoms. The number of aliphatic imine (C=N–C) groups is 2. The summed E-state index contributed by atoms with van der Waals surface area (Å²) in [5.74, 6) is 0. The van der Waals surface area contributed by atoms with Crippen LogP contribution in [0.25, 0.3) is 0 Å². The molecule has 0 saturated carbocycles. The van der Waals surface area contributed by atoms with Gasteiger partial charge in [-0.05, 0) is 24.3 Å². The van der Waals surface area contributed by atoms with Crippen LogP contribution in [0.3, 0.4) is 0 Å². The summed E-state index contributed by atoms with van der Waals surface area (Å²) in [6.45, 7) is 0. The van der Waals surface area contributed by atoms with Crippen LogP contribution in [0.5, 0.6) is 0 Å². The molecular weight excluding hydrogens is 262 g/mol. The number of hydrogen-bond donors (Lipinski definition) is 0. The maximum absolute atomic E-state index is 8.87. The predicted octanol–water partition coefficient (Wildman–Crippen LogP) is 3.78. The molecule has 0 aromatic heterocycles. The number of ether oxygens (including phenoxy) is 1. The Bertz CT molecular complexity index is 606. The molecule has 0 aromatic carbocycles. The average molecular weight is 277 g/mol. The van der Waals surface area contributed by atoms with E-state index in [1.165, 1.54) is 12.4 Å². The van der Waals surface area contributed by atoms with E-state index < -0.39 is 0 Å². The van der Waals surface area contributed by atoms with Gasteiger partial charge in [-0.3, -0.25) is 4.99 Å². The van der Waals surface area contributed by atoms with Crippen molar-refractivity contribution in [3.05, 3.63) is 85.7 Å². The van der Waals surface area contributed by atoms with Crippen molar-refractivity contribution in [2.24, 2.45) is 9.98 Å². The second-order valence-corrected chi connectivity index (χ2v) is 3.54. The van der Waals surface area contributed by atoms with Gasteiger partial charge in [-0.2, -0.15) is 5.26 Å². The molecule has 1 aliphatic heterocycles. The van der Waals surface area contributed by atoms with E-state index in [2.05, 4.69) is 9.98 Å². The Kier molecular flexibility index (Phi) is 8.97. The van der Waals surface area contributed by atoms with Crippen molar-refractivity contribution in [2.75, 3.05) is 0 Å². The van der Waals surface area contributed by atoms with Crippen molar-refractivity contribution in [3.8, 4) is 6.07 Å². The maximum Gasteiger partial charge on any atom is 0.158 e.